The molecule has 0 aliphatic carbocycles. The van der Waals surface area contributed by atoms with E-state index in [2.05, 4.69) is 5.10 Å². The molecule has 1 amide bonds. The van der Waals surface area contributed by atoms with E-state index in [4.69, 9.17) is 35.0 Å². The Labute approximate surface area is 157 Å². The fourth-order valence-electron chi connectivity index (χ4n) is 2.37. The molecular formula is C17H13ClFN5OS. The Kier molecular flexibility index (Phi) is 4.71. The molecule has 0 radical (unpaired) electrons. The lowest BCUT2D eigenvalue weighted by atomic mass is 10.2. The van der Waals surface area contributed by atoms with Crippen molar-refractivity contribution in [1.82, 2.24) is 14.3 Å². The van der Waals surface area contributed by atoms with Gasteiger partial charge in [0, 0.05) is 5.69 Å². The number of benzene rings is 2. The predicted octanol–water partition coefficient (Wildman–Crippen LogP) is 3.07. The van der Waals surface area contributed by atoms with E-state index < -0.39 is 11.7 Å². The zero-order chi connectivity index (χ0) is 19.0. The van der Waals surface area contributed by atoms with E-state index in [1.165, 1.54) is 21.4 Å². The summed E-state index contributed by atoms with van der Waals surface area (Å²) in [4.78, 5) is 11.8. The Morgan fingerprint density at radius 1 is 1.23 bits per heavy atom. The Bertz CT molecular complexity index is 1140. The molecule has 0 saturated carbocycles. The molecule has 3 aromatic rings. The zero-order valence-corrected chi connectivity index (χ0v) is 15.1. The molecule has 9 heteroatoms. The smallest absolute Gasteiger partial charge is 0.273 e. The van der Waals surface area contributed by atoms with E-state index in [-0.39, 0.29) is 21.0 Å². The van der Waals surface area contributed by atoms with Gasteiger partial charge in [0.15, 0.2) is 11.2 Å². The molecule has 2 aromatic carbocycles. The molecule has 1 heterocycles. The van der Waals surface area contributed by atoms with Crippen LogP contribution < -0.4 is 11.2 Å². The summed E-state index contributed by atoms with van der Waals surface area (Å²) >= 11 is 11.3. The van der Waals surface area contributed by atoms with Crippen LogP contribution in [0.15, 0.2) is 42.5 Å². The highest BCUT2D eigenvalue weighted by molar-refractivity contribution is 7.71. The summed E-state index contributed by atoms with van der Waals surface area (Å²) in [5, 5.41) is 12.2. The first-order valence-corrected chi connectivity index (χ1v) is 8.21. The van der Waals surface area contributed by atoms with Crippen LogP contribution in [0.25, 0.3) is 11.4 Å². The number of nitrogens with two attached hydrogens (primary N) is 1. The number of primary amides is 1. The third-order valence-corrected chi connectivity index (χ3v) is 4.34. The number of nitrogens with zero attached hydrogens (tertiary/aromatic N) is 3. The normalized spacial score (nSPS) is 10.7. The summed E-state index contributed by atoms with van der Waals surface area (Å²) < 4.78 is 16.2. The van der Waals surface area contributed by atoms with Gasteiger partial charge in [0.2, 0.25) is 4.77 Å². The number of amides is 1. The van der Waals surface area contributed by atoms with Gasteiger partial charge in [-0.15, -0.1) is 0 Å². The number of nitrogens with one attached hydrogen (secondary N) is 1. The second-order valence-corrected chi connectivity index (χ2v) is 6.30. The Morgan fingerprint density at radius 2 is 1.85 bits per heavy atom. The minimum atomic E-state index is -0.882. The van der Waals surface area contributed by atoms with Crippen LogP contribution >= 0.6 is 23.8 Å². The van der Waals surface area contributed by atoms with E-state index in [1.807, 2.05) is 19.1 Å². The SMILES string of the molecule is Cc1ccc(-n2c(=N)c(C(N)=O)nn(-c3ccc(F)c(Cl)c3)c2=S)cc1. The zero-order valence-electron chi connectivity index (χ0n) is 13.5. The lowest BCUT2D eigenvalue weighted by Crippen LogP contribution is -2.34. The van der Waals surface area contributed by atoms with Crippen molar-refractivity contribution in [3.8, 4) is 11.4 Å². The maximum Gasteiger partial charge on any atom is 0.273 e. The number of hydrogen-bond donors (Lipinski definition) is 2. The molecule has 3 rings (SSSR count). The van der Waals surface area contributed by atoms with Crippen LogP contribution in [0.3, 0.4) is 0 Å². The largest absolute Gasteiger partial charge is 0.364 e. The van der Waals surface area contributed by atoms with Crippen LogP contribution in [0.1, 0.15) is 16.1 Å². The first kappa shape index (κ1) is 18.0. The minimum absolute atomic E-state index is 0.103. The van der Waals surface area contributed by atoms with Crippen molar-refractivity contribution < 1.29 is 9.18 Å². The fourth-order valence-corrected chi connectivity index (χ4v) is 2.89. The molecule has 26 heavy (non-hydrogen) atoms. The van der Waals surface area contributed by atoms with Crippen molar-refractivity contribution in [3.63, 3.8) is 0 Å². The van der Waals surface area contributed by atoms with Crippen LogP contribution in [-0.2, 0) is 0 Å². The van der Waals surface area contributed by atoms with E-state index in [1.54, 1.807) is 12.1 Å². The summed E-state index contributed by atoms with van der Waals surface area (Å²) in [5.41, 5.74) is 6.78. The molecular weight excluding hydrogens is 377 g/mol. The summed E-state index contributed by atoms with van der Waals surface area (Å²) in [6, 6.07) is 11.1. The van der Waals surface area contributed by atoms with Gasteiger partial charge in [0.25, 0.3) is 5.91 Å². The second-order valence-electron chi connectivity index (χ2n) is 5.53. The van der Waals surface area contributed by atoms with E-state index in [9.17, 15) is 9.18 Å². The van der Waals surface area contributed by atoms with Gasteiger partial charge in [0.05, 0.1) is 10.7 Å². The molecule has 0 atom stereocenters. The summed E-state index contributed by atoms with van der Waals surface area (Å²) in [6.07, 6.45) is 0. The van der Waals surface area contributed by atoms with Gasteiger partial charge in [-0.05, 0) is 49.5 Å². The second kappa shape index (κ2) is 6.81. The highest BCUT2D eigenvalue weighted by Gasteiger charge is 2.16. The molecule has 0 aliphatic rings. The van der Waals surface area contributed by atoms with Crippen molar-refractivity contribution in [2.45, 2.75) is 6.92 Å². The van der Waals surface area contributed by atoms with Gasteiger partial charge in [-0.3, -0.25) is 14.8 Å². The maximum absolute atomic E-state index is 13.5. The first-order valence-electron chi connectivity index (χ1n) is 7.43. The highest BCUT2D eigenvalue weighted by atomic mass is 35.5. The van der Waals surface area contributed by atoms with Crippen molar-refractivity contribution in [3.05, 3.63) is 74.8 Å². The van der Waals surface area contributed by atoms with Crippen molar-refractivity contribution >= 4 is 29.7 Å². The van der Waals surface area contributed by atoms with Gasteiger partial charge in [-0.1, -0.05) is 29.3 Å². The first-order chi connectivity index (χ1) is 12.3. The van der Waals surface area contributed by atoms with E-state index in [0.29, 0.717) is 11.4 Å². The number of rotatable bonds is 3. The van der Waals surface area contributed by atoms with Gasteiger partial charge in [-0.2, -0.15) is 5.10 Å². The van der Waals surface area contributed by atoms with Crippen LogP contribution in [0.2, 0.25) is 5.02 Å². The Hall–Kier alpha value is -2.84. The number of aryl methyl sites for hydroxylation is 1. The molecule has 1 aromatic heterocycles. The van der Waals surface area contributed by atoms with E-state index in [0.717, 1.165) is 11.6 Å². The van der Waals surface area contributed by atoms with Crippen LogP contribution in [-0.4, -0.2) is 20.3 Å². The minimum Gasteiger partial charge on any atom is -0.364 e. The number of hydrogen-bond acceptors (Lipinski definition) is 4. The van der Waals surface area contributed by atoms with Crippen molar-refractivity contribution in [1.29, 1.82) is 5.41 Å². The Morgan fingerprint density at radius 3 is 2.42 bits per heavy atom. The average molecular weight is 390 g/mol. The molecule has 0 bridgehead atoms. The molecule has 0 fully saturated rings. The van der Waals surface area contributed by atoms with Gasteiger partial charge < -0.3 is 5.73 Å². The van der Waals surface area contributed by atoms with Gasteiger partial charge in [-0.25, -0.2) is 9.07 Å². The summed E-state index contributed by atoms with van der Waals surface area (Å²) in [7, 11) is 0. The average Bonchev–Trinajstić information content (AvgIpc) is 2.59. The number of carbonyl (C=O) groups is 1. The highest BCUT2D eigenvalue weighted by Crippen LogP contribution is 2.19. The number of aromatic nitrogens is 3. The third-order valence-electron chi connectivity index (χ3n) is 3.69. The molecule has 0 aliphatic heterocycles. The maximum atomic E-state index is 13.5. The van der Waals surface area contributed by atoms with Crippen molar-refractivity contribution in [2.75, 3.05) is 0 Å². The van der Waals surface area contributed by atoms with Gasteiger partial charge >= 0.3 is 0 Å². The fraction of sp³-hybridized carbons (Fsp3) is 0.0588. The standard InChI is InChI=1S/C17H13ClFN5OS/c1-9-2-4-10(5-3-9)23-15(20)14(16(21)25)22-24(17(23)26)11-6-7-13(19)12(18)8-11/h2-8,20H,1H3,(H2,21,25). The monoisotopic (exact) mass is 389 g/mol. The molecule has 6 nitrogen and oxygen atoms in total. The quantitative estimate of drug-likeness (QED) is 0.674. The van der Waals surface area contributed by atoms with Crippen LogP contribution in [0, 0.1) is 22.9 Å². The predicted molar refractivity (Wildman–Crippen MR) is 97.8 cm³/mol. The topological polar surface area (TPSA) is 89.7 Å². The van der Waals surface area contributed by atoms with Crippen molar-refractivity contribution in [2.24, 2.45) is 5.73 Å². The third kappa shape index (κ3) is 3.16. The Balaban J connectivity index is 2.38. The molecule has 3 N–H and O–H groups in total. The summed E-state index contributed by atoms with van der Waals surface area (Å²) in [5.74, 6) is -1.48. The molecule has 0 unspecified atom stereocenters. The number of halogens is 2. The number of carbonyl (C=O) groups excluding carboxylic acids is 1. The lowest BCUT2D eigenvalue weighted by Gasteiger charge is -2.14. The molecule has 0 saturated heterocycles. The lowest BCUT2D eigenvalue weighted by molar-refractivity contribution is 0.0991. The van der Waals surface area contributed by atoms with E-state index >= 15 is 0 Å². The summed E-state index contributed by atoms with van der Waals surface area (Å²) in [6.45, 7) is 1.92. The molecule has 0 spiro atoms. The van der Waals surface area contributed by atoms with Crippen LogP contribution in [0.5, 0.6) is 0 Å². The molecule has 132 valence electrons. The van der Waals surface area contributed by atoms with Crippen LogP contribution in [0.4, 0.5) is 4.39 Å². The van der Waals surface area contributed by atoms with Gasteiger partial charge in [0.1, 0.15) is 5.82 Å².